The molecule has 2 atom stereocenters. The van der Waals surface area contributed by atoms with Crippen LogP contribution in [0.25, 0.3) is 0 Å². The summed E-state index contributed by atoms with van der Waals surface area (Å²) < 4.78 is 10.7. The molecule has 0 saturated carbocycles. The molecule has 0 aliphatic carbocycles. The van der Waals surface area contributed by atoms with Crippen molar-refractivity contribution in [1.29, 1.82) is 0 Å². The van der Waals surface area contributed by atoms with Gasteiger partial charge in [-0.05, 0) is 31.0 Å². The minimum absolute atomic E-state index is 0.136. The van der Waals surface area contributed by atoms with Crippen molar-refractivity contribution >= 4 is 0 Å². The van der Waals surface area contributed by atoms with Crippen LogP contribution in [0.5, 0.6) is 5.75 Å². The largest absolute Gasteiger partial charge is 0.491 e. The van der Waals surface area contributed by atoms with Gasteiger partial charge >= 0.3 is 0 Å². The Kier molecular flexibility index (Phi) is 6.01. The summed E-state index contributed by atoms with van der Waals surface area (Å²) in [6.45, 7) is 4.68. The summed E-state index contributed by atoms with van der Waals surface area (Å²) in [7, 11) is 1.69. The fraction of sp³-hybridized carbons (Fsp3) is 0.571. The fourth-order valence-corrected chi connectivity index (χ4v) is 1.58. The van der Waals surface area contributed by atoms with Crippen LogP contribution in [-0.4, -0.2) is 24.9 Å². The molecule has 1 N–H and O–H groups in total. The SMILES string of the molecule is CC[C@@H](O)c1ccc(OC(C)CCOC)cc1. The van der Waals surface area contributed by atoms with Crippen molar-refractivity contribution in [3.8, 4) is 5.75 Å². The van der Waals surface area contributed by atoms with E-state index in [9.17, 15) is 5.11 Å². The number of aliphatic hydroxyl groups excluding tert-OH is 1. The summed E-state index contributed by atoms with van der Waals surface area (Å²) >= 11 is 0. The van der Waals surface area contributed by atoms with Crippen molar-refractivity contribution in [1.82, 2.24) is 0 Å². The minimum atomic E-state index is -0.380. The molecule has 0 aromatic heterocycles. The van der Waals surface area contributed by atoms with Crippen molar-refractivity contribution in [3.63, 3.8) is 0 Å². The molecule has 0 amide bonds. The number of hydrogen-bond acceptors (Lipinski definition) is 3. The van der Waals surface area contributed by atoms with E-state index in [0.29, 0.717) is 6.61 Å². The lowest BCUT2D eigenvalue weighted by Crippen LogP contribution is -2.14. The molecule has 1 aromatic rings. The molecule has 96 valence electrons. The van der Waals surface area contributed by atoms with Gasteiger partial charge in [-0.3, -0.25) is 0 Å². The summed E-state index contributed by atoms with van der Waals surface area (Å²) in [5.41, 5.74) is 0.935. The molecular formula is C14H22O3. The molecule has 0 fully saturated rings. The van der Waals surface area contributed by atoms with Crippen LogP contribution in [0, 0.1) is 0 Å². The molecular weight excluding hydrogens is 216 g/mol. The Bertz CT molecular complexity index is 308. The molecule has 0 aliphatic rings. The topological polar surface area (TPSA) is 38.7 Å². The number of rotatable bonds is 7. The fourth-order valence-electron chi connectivity index (χ4n) is 1.58. The molecule has 1 aromatic carbocycles. The summed E-state index contributed by atoms with van der Waals surface area (Å²) in [4.78, 5) is 0. The molecule has 17 heavy (non-hydrogen) atoms. The van der Waals surface area contributed by atoms with Crippen LogP contribution in [0.4, 0.5) is 0 Å². The van der Waals surface area contributed by atoms with Crippen LogP contribution in [-0.2, 0) is 4.74 Å². The van der Waals surface area contributed by atoms with Crippen molar-refractivity contribution in [2.75, 3.05) is 13.7 Å². The van der Waals surface area contributed by atoms with E-state index in [-0.39, 0.29) is 12.2 Å². The Morgan fingerprint density at radius 1 is 1.24 bits per heavy atom. The Balaban J connectivity index is 2.50. The van der Waals surface area contributed by atoms with Crippen LogP contribution in [0.1, 0.15) is 38.4 Å². The highest BCUT2D eigenvalue weighted by atomic mass is 16.5. The summed E-state index contributed by atoms with van der Waals surface area (Å²) in [5.74, 6) is 0.834. The first-order chi connectivity index (χ1) is 8.17. The van der Waals surface area contributed by atoms with Gasteiger partial charge in [0.2, 0.25) is 0 Å². The number of aliphatic hydroxyl groups is 1. The maximum Gasteiger partial charge on any atom is 0.119 e. The Morgan fingerprint density at radius 2 is 1.88 bits per heavy atom. The van der Waals surface area contributed by atoms with Crippen molar-refractivity contribution in [3.05, 3.63) is 29.8 Å². The molecule has 0 aliphatic heterocycles. The Morgan fingerprint density at radius 3 is 2.41 bits per heavy atom. The molecule has 0 bridgehead atoms. The van der Waals surface area contributed by atoms with E-state index < -0.39 is 0 Å². The predicted molar refractivity (Wildman–Crippen MR) is 68.3 cm³/mol. The second-order valence-electron chi connectivity index (χ2n) is 4.20. The van der Waals surface area contributed by atoms with Crippen LogP contribution >= 0.6 is 0 Å². The first kappa shape index (κ1) is 14.0. The van der Waals surface area contributed by atoms with E-state index in [2.05, 4.69) is 0 Å². The highest BCUT2D eigenvalue weighted by Crippen LogP contribution is 2.20. The van der Waals surface area contributed by atoms with Crippen LogP contribution < -0.4 is 4.74 Å². The lowest BCUT2D eigenvalue weighted by molar-refractivity contribution is 0.135. The van der Waals surface area contributed by atoms with Gasteiger partial charge in [-0.2, -0.15) is 0 Å². The van der Waals surface area contributed by atoms with Gasteiger partial charge in [0.25, 0.3) is 0 Å². The van der Waals surface area contributed by atoms with Gasteiger partial charge in [-0.25, -0.2) is 0 Å². The van der Waals surface area contributed by atoms with Crippen molar-refractivity contribution in [2.24, 2.45) is 0 Å². The van der Waals surface area contributed by atoms with E-state index in [1.54, 1.807) is 7.11 Å². The zero-order chi connectivity index (χ0) is 12.7. The zero-order valence-corrected chi connectivity index (χ0v) is 10.8. The molecule has 3 nitrogen and oxygen atoms in total. The maximum atomic E-state index is 9.66. The van der Waals surface area contributed by atoms with Gasteiger partial charge in [0.05, 0.1) is 12.2 Å². The van der Waals surface area contributed by atoms with E-state index in [0.717, 1.165) is 24.2 Å². The minimum Gasteiger partial charge on any atom is -0.491 e. The van der Waals surface area contributed by atoms with Crippen molar-refractivity contribution in [2.45, 2.75) is 38.9 Å². The summed E-state index contributed by atoms with van der Waals surface area (Å²) in [6, 6.07) is 7.62. The van der Waals surface area contributed by atoms with Gasteiger partial charge < -0.3 is 14.6 Å². The van der Waals surface area contributed by atoms with Crippen LogP contribution in [0.2, 0.25) is 0 Å². The average Bonchev–Trinajstić information content (AvgIpc) is 2.36. The lowest BCUT2D eigenvalue weighted by atomic mass is 10.1. The molecule has 3 heteroatoms. The first-order valence-electron chi connectivity index (χ1n) is 6.11. The molecule has 0 spiro atoms. The van der Waals surface area contributed by atoms with Gasteiger partial charge in [0, 0.05) is 20.1 Å². The average molecular weight is 238 g/mol. The first-order valence-corrected chi connectivity index (χ1v) is 6.11. The standard InChI is InChI=1S/C14H22O3/c1-4-14(15)12-5-7-13(8-6-12)17-11(2)9-10-16-3/h5-8,11,14-15H,4,9-10H2,1-3H3/t11?,14-/m1/s1. The second kappa shape index (κ2) is 7.30. The van der Waals surface area contributed by atoms with E-state index >= 15 is 0 Å². The van der Waals surface area contributed by atoms with Gasteiger partial charge in [-0.15, -0.1) is 0 Å². The Hall–Kier alpha value is -1.06. The van der Waals surface area contributed by atoms with Gasteiger partial charge in [0.1, 0.15) is 5.75 Å². The second-order valence-corrected chi connectivity index (χ2v) is 4.20. The van der Waals surface area contributed by atoms with E-state index in [1.165, 1.54) is 0 Å². The molecule has 0 saturated heterocycles. The van der Waals surface area contributed by atoms with E-state index in [1.807, 2.05) is 38.1 Å². The van der Waals surface area contributed by atoms with Gasteiger partial charge in [-0.1, -0.05) is 19.1 Å². The lowest BCUT2D eigenvalue weighted by Gasteiger charge is -2.15. The predicted octanol–water partition coefficient (Wildman–Crippen LogP) is 2.93. The molecule has 0 radical (unpaired) electrons. The van der Waals surface area contributed by atoms with Crippen molar-refractivity contribution < 1.29 is 14.6 Å². The third-order valence-electron chi connectivity index (χ3n) is 2.72. The monoisotopic (exact) mass is 238 g/mol. The number of ether oxygens (including phenoxy) is 2. The summed E-state index contributed by atoms with van der Waals surface area (Å²) in [5, 5.41) is 9.66. The van der Waals surface area contributed by atoms with Crippen LogP contribution in [0.3, 0.4) is 0 Å². The van der Waals surface area contributed by atoms with Crippen LogP contribution in [0.15, 0.2) is 24.3 Å². The molecule has 1 unspecified atom stereocenters. The number of benzene rings is 1. The number of methoxy groups -OCH3 is 1. The number of hydrogen-bond donors (Lipinski definition) is 1. The third-order valence-corrected chi connectivity index (χ3v) is 2.72. The maximum absolute atomic E-state index is 9.66. The molecule has 0 heterocycles. The zero-order valence-electron chi connectivity index (χ0n) is 10.8. The molecule has 1 rings (SSSR count). The quantitative estimate of drug-likeness (QED) is 0.793. The highest BCUT2D eigenvalue weighted by Gasteiger charge is 2.06. The normalized spacial score (nSPS) is 14.4. The summed E-state index contributed by atoms with van der Waals surface area (Å²) in [6.07, 6.45) is 1.35. The smallest absolute Gasteiger partial charge is 0.119 e. The van der Waals surface area contributed by atoms with E-state index in [4.69, 9.17) is 9.47 Å². The third kappa shape index (κ3) is 4.75. The van der Waals surface area contributed by atoms with Gasteiger partial charge in [0.15, 0.2) is 0 Å². The Labute approximate surface area is 103 Å². The highest BCUT2D eigenvalue weighted by molar-refractivity contribution is 5.28.